The lowest BCUT2D eigenvalue weighted by molar-refractivity contribution is 0.153. The Balaban J connectivity index is 1.55. The Hall–Kier alpha value is -1.12. The van der Waals surface area contributed by atoms with Crippen molar-refractivity contribution in [1.82, 2.24) is 4.90 Å². The van der Waals surface area contributed by atoms with E-state index in [0.29, 0.717) is 17.8 Å². The molecule has 2 heteroatoms. The van der Waals surface area contributed by atoms with Gasteiger partial charge in [0.2, 0.25) is 0 Å². The average molecular weight is 328 g/mol. The van der Waals surface area contributed by atoms with E-state index in [0.717, 1.165) is 6.42 Å². The number of aliphatic hydroxyl groups is 1. The maximum absolute atomic E-state index is 10.6. The maximum Gasteiger partial charge on any atom is 0.0617 e. The third kappa shape index (κ3) is 4.10. The second-order valence-corrected chi connectivity index (χ2v) is 8.21. The number of unbranched alkanes of at least 4 members (excludes halogenated alkanes) is 2. The van der Waals surface area contributed by atoms with E-state index in [-0.39, 0.29) is 6.10 Å². The van der Waals surface area contributed by atoms with E-state index in [4.69, 9.17) is 0 Å². The highest BCUT2D eigenvalue weighted by Gasteiger charge is 2.44. The Kier molecular flexibility index (Phi) is 5.78. The lowest BCUT2D eigenvalue weighted by atomic mass is 9.83. The van der Waals surface area contributed by atoms with Gasteiger partial charge in [0, 0.05) is 5.92 Å². The zero-order chi connectivity index (χ0) is 17.1. The van der Waals surface area contributed by atoms with Crippen LogP contribution in [0.25, 0.3) is 0 Å². The first-order valence-corrected chi connectivity index (χ1v) is 9.63. The van der Waals surface area contributed by atoms with Crippen molar-refractivity contribution in [2.24, 2.45) is 11.8 Å². The summed E-state index contributed by atoms with van der Waals surface area (Å²) in [7, 11) is 4.30. The fourth-order valence-corrected chi connectivity index (χ4v) is 4.78. The van der Waals surface area contributed by atoms with Gasteiger partial charge in [-0.3, -0.25) is 0 Å². The average Bonchev–Trinajstić information content (AvgIpc) is 3.02. The molecule has 0 heterocycles. The summed E-state index contributed by atoms with van der Waals surface area (Å²) >= 11 is 0. The van der Waals surface area contributed by atoms with Gasteiger partial charge in [0.05, 0.1) is 6.10 Å². The maximum atomic E-state index is 10.6. The summed E-state index contributed by atoms with van der Waals surface area (Å²) in [5, 5.41) is 10.6. The molecule has 0 bridgehead atoms. The SMILES string of the molecule is Cc1cccc([C@H]2[C@H]3CC(CCCCCN(C)C)=C[C@H]3C[C@H]2O)c1. The molecule has 0 saturated heterocycles. The highest BCUT2D eigenvalue weighted by Crippen LogP contribution is 2.51. The van der Waals surface area contributed by atoms with Crippen LogP contribution in [0.1, 0.15) is 55.6 Å². The Morgan fingerprint density at radius 3 is 2.75 bits per heavy atom. The number of hydrogen-bond acceptors (Lipinski definition) is 2. The molecule has 0 radical (unpaired) electrons. The summed E-state index contributed by atoms with van der Waals surface area (Å²) < 4.78 is 0. The fraction of sp³-hybridized carbons (Fsp3) is 0.636. The molecule has 0 unspecified atom stereocenters. The minimum absolute atomic E-state index is 0.167. The van der Waals surface area contributed by atoms with Crippen LogP contribution in [-0.2, 0) is 0 Å². The van der Waals surface area contributed by atoms with E-state index in [1.165, 1.54) is 49.8 Å². The van der Waals surface area contributed by atoms with E-state index in [1.54, 1.807) is 5.57 Å². The first-order chi connectivity index (χ1) is 11.5. The van der Waals surface area contributed by atoms with E-state index in [1.807, 2.05) is 0 Å². The predicted molar refractivity (Wildman–Crippen MR) is 101 cm³/mol. The van der Waals surface area contributed by atoms with Crippen LogP contribution in [0.2, 0.25) is 0 Å². The van der Waals surface area contributed by atoms with Crippen molar-refractivity contribution in [3.8, 4) is 0 Å². The Labute approximate surface area is 147 Å². The molecule has 2 aliphatic rings. The van der Waals surface area contributed by atoms with Crippen LogP contribution in [0.15, 0.2) is 35.9 Å². The zero-order valence-corrected chi connectivity index (χ0v) is 15.5. The normalized spacial score (nSPS) is 29.1. The van der Waals surface area contributed by atoms with Gasteiger partial charge >= 0.3 is 0 Å². The van der Waals surface area contributed by atoms with Gasteiger partial charge in [0.15, 0.2) is 0 Å². The van der Waals surface area contributed by atoms with Gasteiger partial charge in [-0.05, 0) is 77.1 Å². The van der Waals surface area contributed by atoms with Crippen LogP contribution in [0.3, 0.4) is 0 Å². The molecule has 0 aliphatic heterocycles. The molecule has 1 aromatic rings. The lowest BCUT2D eigenvalue weighted by Gasteiger charge is -2.22. The van der Waals surface area contributed by atoms with Crippen molar-refractivity contribution in [3.63, 3.8) is 0 Å². The quantitative estimate of drug-likeness (QED) is 0.587. The van der Waals surface area contributed by atoms with Gasteiger partial charge in [-0.2, -0.15) is 0 Å². The smallest absolute Gasteiger partial charge is 0.0617 e. The standard InChI is InChI=1S/C22H33NO/c1-16-8-7-10-18(12-16)22-20-14-17(13-19(20)15-21(22)24)9-5-4-6-11-23(2)3/h7-8,10,12-13,19-22,24H,4-6,9,11,14-15H2,1-3H3/t19-,20-,21+,22-/m0/s1. The van der Waals surface area contributed by atoms with Crippen LogP contribution in [0.5, 0.6) is 0 Å². The van der Waals surface area contributed by atoms with Crippen molar-refractivity contribution in [2.75, 3.05) is 20.6 Å². The van der Waals surface area contributed by atoms with Crippen LogP contribution in [-0.4, -0.2) is 36.8 Å². The summed E-state index contributed by atoms with van der Waals surface area (Å²) in [5.41, 5.74) is 4.30. The van der Waals surface area contributed by atoms with Crippen molar-refractivity contribution < 1.29 is 5.11 Å². The molecule has 1 N–H and O–H groups in total. The summed E-state index contributed by atoms with van der Waals surface area (Å²) in [4.78, 5) is 2.27. The summed E-state index contributed by atoms with van der Waals surface area (Å²) in [6, 6.07) is 8.77. The van der Waals surface area contributed by atoms with Gasteiger partial charge in [0.1, 0.15) is 0 Å². The molecule has 1 saturated carbocycles. The van der Waals surface area contributed by atoms with Gasteiger partial charge in [-0.15, -0.1) is 0 Å². The second-order valence-electron chi connectivity index (χ2n) is 8.21. The Bertz CT molecular complexity index is 577. The molecule has 24 heavy (non-hydrogen) atoms. The van der Waals surface area contributed by atoms with Crippen molar-refractivity contribution in [2.45, 2.75) is 57.5 Å². The molecule has 132 valence electrons. The number of nitrogens with zero attached hydrogens (tertiary/aromatic N) is 1. The highest BCUT2D eigenvalue weighted by atomic mass is 16.3. The van der Waals surface area contributed by atoms with Gasteiger partial charge in [-0.1, -0.05) is 47.9 Å². The monoisotopic (exact) mass is 327 g/mol. The van der Waals surface area contributed by atoms with Crippen molar-refractivity contribution in [1.29, 1.82) is 0 Å². The molecular formula is C22H33NO. The number of fused-ring (bicyclic) bond motifs is 1. The molecule has 0 aromatic heterocycles. The fourth-order valence-electron chi connectivity index (χ4n) is 4.78. The predicted octanol–water partition coefficient (Wildman–Crippen LogP) is 4.53. The minimum atomic E-state index is -0.167. The number of aryl methyl sites for hydroxylation is 1. The molecule has 2 aliphatic carbocycles. The van der Waals surface area contributed by atoms with Crippen LogP contribution < -0.4 is 0 Å². The lowest BCUT2D eigenvalue weighted by Crippen LogP contribution is -2.17. The van der Waals surface area contributed by atoms with E-state index in [9.17, 15) is 5.11 Å². The summed E-state index contributed by atoms with van der Waals surface area (Å²) in [6.07, 6.45) is 9.71. The first-order valence-electron chi connectivity index (χ1n) is 9.63. The largest absolute Gasteiger partial charge is 0.392 e. The molecule has 1 fully saturated rings. The number of rotatable bonds is 7. The van der Waals surface area contributed by atoms with Gasteiger partial charge in [-0.25, -0.2) is 0 Å². The van der Waals surface area contributed by atoms with E-state index >= 15 is 0 Å². The number of aliphatic hydroxyl groups excluding tert-OH is 1. The Morgan fingerprint density at radius 2 is 2.00 bits per heavy atom. The topological polar surface area (TPSA) is 23.5 Å². The van der Waals surface area contributed by atoms with Gasteiger partial charge in [0.25, 0.3) is 0 Å². The van der Waals surface area contributed by atoms with Crippen LogP contribution in [0.4, 0.5) is 0 Å². The molecule has 3 rings (SSSR count). The first kappa shape index (κ1) is 17.7. The molecule has 2 nitrogen and oxygen atoms in total. The number of benzene rings is 1. The van der Waals surface area contributed by atoms with E-state index in [2.05, 4.69) is 56.3 Å². The number of allylic oxidation sites excluding steroid dienone is 2. The van der Waals surface area contributed by atoms with Crippen LogP contribution in [0, 0.1) is 18.8 Å². The zero-order valence-electron chi connectivity index (χ0n) is 15.5. The second kappa shape index (κ2) is 7.84. The molecular weight excluding hydrogens is 294 g/mol. The Morgan fingerprint density at radius 1 is 1.17 bits per heavy atom. The minimum Gasteiger partial charge on any atom is -0.392 e. The molecule has 4 atom stereocenters. The number of hydrogen-bond donors (Lipinski definition) is 1. The van der Waals surface area contributed by atoms with Gasteiger partial charge < -0.3 is 10.0 Å². The highest BCUT2D eigenvalue weighted by molar-refractivity contribution is 5.32. The van der Waals surface area contributed by atoms with Crippen molar-refractivity contribution in [3.05, 3.63) is 47.0 Å². The van der Waals surface area contributed by atoms with Crippen molar-refractivity contribution >= 4 is 0 Å². The molecule has 0 spiro atoms. The molecule has 0 amide bonds. The van der Waals surface area contributed by atoms with E-state index < -0.39 is 0 Å². The third-order valence-corrected chi connectivity index (χ3v) is 5.92. The molecule has 1 aromatic carbocycles. The summed E-state index contributed by atoms with van der Waals surface area (Å²) in [5.74, 6) is 1.55. The van der Waals surface area contributed by atoms with Crippen LogP contribution >= 0.6 is 0 Å². The summed E-state index contributed by atoms with van der Waals surface area (Å²) in [6.45, 7) is 3.35. The third-order valence-electron chi connectivity index (χ3n) is 5.92.